The number of carbonyl (C=O) groups excluding carboxylic acids is 1. The van der Waals surface area contributed by atoms with Gasteiger partial charge in [0.25, 0.3) is 0 Å². The lowest BCUT2D eigenvalue weighted by atomic mass is 9.91. The number of nitrogens with two attached hydrogens (primary N) is 1. The fraction of sp³-hybridized carbons (Fsp3) is 0.222. The van der Waals surface area contributed by atoms with E-state index in [1.807, 2.05) is 55.5 Å². The zero-order valence-electron chi connectivity index (χ0n) is 13.5. The van der Waals surface area contributed by atoms with Crippen LogP contribution in [0.5, 0.6) is 0 Å². The Morgan fingerprint density at radius 1 is 1.25 bits per heavy atom. The number of rotatable bonds is 3. The molecule has 0 saturated heterocycles. The van der Waals surface area contributed by atoms with Crippen molar-refractivity contribution in [1.82, 2.24) is 0 Å². The average molecular weight is 436 g/mol. The molecule has 2 aromatic carbocycles. The van der Waals surface area contributed by atoms with Crippen molar-refractivity contribution in [2.75, 3.05) is 17.2 Å². The van der Waals surface area contributed by atoms with E-state index in [-0.39, 0.29) is 35.8 Å². The van der Waals surface area contributed by atoms with Crippen molar-refractivity contribution in [1.29, 1.82) is 0 Å². The summed E-state index contributed by atoms with van der Waals surface area (Å²) >= 11 is 0. The molecule has 0 radical (unpaired) electrons. The van der Waals surface area contributed by atoms with Gasteiger partial charge in [0.2, 0.25) is 5.91 Å². The molecule has 1 heterocycles. The van der Waals surface area contributed by atoms with Gasteiger partial charge in [-0.15, -0.1) is 24.0 Å². The van der Waals surface area contributed by atoms with E-state index in [0.29, 0.717) is 18.9 Å². The standard InChI is InChI=1S/C18H20N4O.HI/c1-12-6-8-14(9-7-12)21-18(19)20-11-13-10-17(23)22-16-5-3-2-4-15(13)16;/h2-9,13H,10-11H2,1H3,(H,22,23)(H3,19,20,21);1H. The van der Waals surface area contributed by atoms with Crippen LogP contribution >= 0.6 is 24.0 Å². The number of aryl methyl sites for hydroxylation is 1. The zero-order chi connectivity index (χ0) is 16.2. The smallest absolute Gasteiger partial charge is 0.225 e. The van der Waals surface area contributed by atoms with Crippen LogP contribution in [0.1, 0.15) is 23.5 Å². The summed E-state index contributed by atoms with van der Waals surface area (Å²) in [4.78, 5) is 16.2. The van der Waals surface area contributed by atoms with Crippen LogP contribution in [-0.4, -0.2) is 18.4 Å². The highest BCUT2D eigenvalue weighted by Crippen LogP contribution is 2.31. The van der Waals surface area contributed by atoms with Gasteiger partial charge in [-0.05, 0) is 30.7 Å². The number of amides is 1. The Labute approximate surface area is 158 Å². The molecule has 0 saturated carbocycles. The summed E-state index contributed by atoms with van der Waals surface area (Å²) in [6, 6.07) is 15.8. The van der Waals surface area contributed by atoms with Gasteiger partial charge >= 0.3 is 0 Å². The number of hydrogen-bond donors (Lipinski definition) is 3. The van der Waals surface area contributed by atoms with Crippen LogP contribution in [0.25, 0.3) is 0 Å². The number of guanidine groups is 1. The van der Waals surface area contributed by atoms with E-state index >= 15 is 0 Å². The largest absolute Gasteiger partial charge is 0.370 e. The summed E-state index contributed by atoms with van der Waals surface area (Å²) in [7, 11) is 0. The number of nitrogens with one attached hydrogen (secondary N) is 2. The van der Waals surface area contributed by atoms with Gasteiger partial charge in [-0.2, -0.15) is 0 Å². The lowest BCUT2D eigenvalue weighted by Crippen LogP contribution is -2.27. The van der Waals surface area contributed by atoms with Gasteiger partial charge in [0.15, 0.2) is 5.96 Å². The van der Waals surface area contributed by atoms with Gasteiger partial charge < -0.3 is 16.4 Å². The summed E-state index contributed by atoms with van der Waals surface area (Å²) in [5, 5.41) is 5.96. The highest BCUT2D eigenvalue weighted by molar-refractivity contribution is 14.0. The monoisotopic (exact) mass is 436 g/mol. The first-order chi connectivity index (χ1) is 11.1. The quantitative estimate of drug-likeness (QED) is 0.392. The maximum absolute atomic E-state index is 11.8. The molecule has 6 heteroatoms. The van der Waals surface area contributed by atoms with Gasteiger partial charge in [0.1, 0.15) is 0 Å². The Hall–Kier alpha value is -2.09. The third-order valence-electron chi connectivity index (χ3n) is 3.91. The Balaban J connectivity index is 0.00000208. The van der Waals surface area contributed by atoms with E-state index < -0.39 is 0 Å². The van der Waals surface area contributed by atoms with Crippen LogP contribution in [-0.2, 0) is 4.79 Å². The molecular formula is C18H21IN4O. The van der Waals surface area contributed by atoms with Crippen LogP contribution in [0.2, 0.25) is 0 Å². The average Bonchev–Trinajstić information content (AvgIpc) is 2.54. The first kappa shape index (κ1) is 18.3. The van der Waals surface area contributed by atoms with E-state index in [1.54, 1.807) is 0 Å². The second kappa shape index (κ2) is 8.14. The summed E-state index contributed by atoms with van der Waals surface area (Å²) in [5.74, 6) is 0.435. The number of aliphatic imine (C=N–C) groups is 1. The minimum Gasteiger partial charge on any atom is -0.370 e. The van der Waals surface area contributed by atoms with E-state index in [9.17, 15) is 4.79 Å². The molecule has 1 amide bonds. The van der Waals surface area contributed by atoms with Crippen LogP contribution < -0.4 is 16.4 Å². The molecule has 0 spiro atoms. The summed E-state index contributed by atoms with van der Waals surface area (Å²) < 4.78 is 0. The molecule has 126 valence electrons. The summed E-state index contributed by atoms with van der Waals surface area (Å²) in [5.41, 5.74) is 10.0. The molecular weight excluding hydrogens is 415 g/mol. The van der Waals surface area contributed by atoms with E-state index in [0.717, 1.165) is 16.9 Å². The molecule has 4 N–H and O–H groups in total. The Morgan fingerprint density at radius 2 is 1.96 bits per heavy atom. The Bertz CT molecular complexity index is 743. The van der Waals surface area contributed by atoms with Gasteiger partial charge in [-0.1, -0.05) is 35.9 Å². The number of nitrogens with zero attached hydrogens (tertiary/aromatic N) is 1. The molecule has 0 aliphatic carbocycles. The Morgan fingerprint density at radius 3 is 2.71 bits per heavy atom. The maximum Gasteiger partial charge on any atom is 0.225 e. The van der Waals surface area contributed by atoms with Crippen LogP contribution in [0.4, 0.5) is 11.4 Å². The first-order valence-corrected chi connectivity index (χ1v) is 7.64. The number of anilines is 2. The molecule has 1 atom stereocenters. The molecule has 1 aliphatic rings. The lowest BCUT2D eigenvalue weighted by molar-refractivity contribution is -0.116. The number of carbonyl (C=O) groups is 1. The van der Waals surface area contributed by atoms with Crippen molar-refractivity contribution in [2.45, 2.75) is 19.3 Å². The summed E-state index contributed by atoms with van der Waals surface area (Å²) in [6.07, 6.45) is 0.429. The molecule has 0 fully saturated rings. The number of benzene rings is 2. The van der Waals surface area contributed by atoms with E-state index in [2.05, 4.69) is 15.6 Å². The second-order valence-corrected chi connectivity index (χ2v) is 5.75. The van der Waals surface area contributed by atoms with Crippen molar-refractivity contribution in [2.24, 2.45) is 10.7 Å². The first-order valence-electron chi connectivity index (χ1n) is 7.64. The number of hydrogen-bond acceptors (Lipinski definition) is 2. The minimum atomic E-state index is 0. The van der Waals surface area contributed by atoms with Crippen molar-refractivity contribution in [3.8, 4) is 0 Å². The van der Waals surface area contributed by atoms with E-state index in [1.165, 1.54) is 5.56 Å². The third-order valence-corrected chi connectivity index (χ3v) is 3.91. The normalized spacial score (nSPS) is 16.6. The van der Waals surface area contributed by atoms with Crippen LogP contribution in [0, 0.1) is 6.92 Å². The van der Waals surface area contributed by atoms with Crippen molar-refractivity contribution >= 4 is 47.2 Å². The number of halogens is 1. The zero-order valence-corrected chi connectivity index (χ0v) is 15.8. The predicted octanol–water partition coefficient (Wildman–Crippen LogP) is 3.47. The SMILES string of the molecule is Cc1ccc(NC(N)=NCC2CC(=O)Nc3ccccc32)cc1.I. The molecule has 3 rings (SSSR count). The van der Waals surface area contributed by atoms with Crippen LogP contribution in [0.15, 0.2) is 53.5 Å². The molecule has 5 nitrogen and oxygen atoms in total. The molecule has 1 unspecified atom stereocenters. The number of para-hydroxylation sites is 1. The van der Waals surface area contributed by atoms with E-state index in [4.69, 9.17) is 5.73 Å². The minimum absolute atomic E-state index is 0. The van der Waals surface area contributed by atoms with Gasteiger partial charge in [-0.3, -0.25) is 9.79 Å². The second-order valence-electron chi connectivity index (χ2n) is 5.75. The highest BCUT2D eigenvalue weighted by atomic mass is 127. The van der Waals surface area contributed by atoms with Crippen molar-refractivity contribution < 1.29 is 4.79 Å². The predicted molar refractivity (Wildman–Crippen MR) is 109 cm³/mol. The van der Waals surface area contributed by atoms with Gasteiger partial charge in [0, 0.05) is 23.7 Å². The molecule has 2 aromatic rings. The third kappa shape index (κ3) is 4.47. The fourth-order valence-corrected chi connectivity index (χ4v) is 2.70. The topological polar surface area (TPSA) is 79.5 Å². The van der Waals surface area contributed by atoms with Crippen LogP contribution in [0.3, 0.4) is 0 Å². The lowest BCUT2D eigenvalue weighted by Gasteiger charge is -2.24. The highest BCUT2D eigenvalue weighted by Gasteiger charge is 2.24. The van der Waals surface area contributed by atoms with Gasteiger partial charge in [-0.25, -0.2) is 0 Å². The molecule has 0 bridgehead atoms. The van der Waals surface area contributed by atoms with Gasteiger partial charge in [0.05, 0.1) is 6.54 Å². The fourth-order valence-electron chi connectivity index (χ4n) is 2.70. The molecule has 1 aliphatic heterocycles. The molecule has 24 heavy (non-hydrogen) atoms. The van der Waals surface area contributed by atoms with Crippen molar-refractivity contribution in [3.05, 3.63) is 59.7 Å². The van der Waals surface area contributed by atoms with Crippen molar-refractivity contribution in [3.63, 3.8) is 0 Å². The maximum atomic E-state index is 11.8. The summed E-state index contributed by atoms with van der Waals surface area (Å²) in [6.45, 7) is 2.52. The molecule has 0 aromatic heterocycles. The number of fused-ring (bicyclic) bond motifs is 1. The Kier molecular flexibility index (Phi) is 6.19.